The van der Waals surface area contributed by atoms with Crippen LogP contribution >= 0.6 is 0 Å². The van der Waals surface area contributed by atoms with E-state index in [1.54, 1.807) is 31.2 Å². The summed E-state index contributed by atoms with van der Waals surface area (Å²) >= 11 is 0. The van der Waals surface area contributed by atoms with E-state index in [-0.39, 0.29) is 53.9 Å². The number of rotatable bonds is 10. The van der Waals surface area contributed by atoms with Crippen LogP contribution < -0.4 is 5.32 Å². The average Bonchev–Trinajstić information content (AvgIpc) is 3.03. The van der Waals surface area contributed by atoms with Gasteiger partial charge in [0.15, 0.2) is 0 Å². The summed E-state index contributed by atoms with van der Waals surface area (Å²) in [6.07, 6.45) is 0.650. The summed E-state index contributed by atoms with van der Waals surface area (Å²) in [5.74, 6) is -1.93. The molecule has 0 spiro atoms. The van der Waals surface area contributed by atoms with E-state index in [0.717, 1.165) is 4.31 Å². The number of nitrogens with one attached hydrogen (secondary N) is 1. The Bertz CT molecular complexity index is 1220. The number of fused-ring (bicyclic) bond motifs is 1. The monoisotopic (exact) mass is 503 g/mol. The normalized spacial score (nSPS) is 15.9. The number of benzene rings is 2. The minimum atomic E-state index is -3.97. The Morgan fingerprint density at radius 3 is 2.40 bits per heavy atom. The van der Waals surface area contributed by atoms with Crippen LogP contribution in [-0.4, -0.2) is 54.0 Å². The summed E-state index contributed by atoms with van der Waals surface area (Å²) in [6, 6.07) is 11.0. The molecule has 0 aromatic heterocycles. The lowest BCUT2D eigenvalue weighted by Gasteiger charge is -2.30. The summed E-state index contributed by atoms with van der Waals surface area (Å²) in [4.78, 5) is 39.7. The van der Waals surface area contributed by atoms with E-state index in [2.05, 4.69) is 5.32 Å². The molecule has 0 aliphatic carbocycles. The summed E-state index contributed by atoms with van der Waals surface area (Å²) < 4.78 is 40.5. The van der Waals surface area contributed by atoms with Gasteiger partial charge in [0.05, 0.1) is 5.56 Å². The van der Waals surface area contributed by atoms with Gasteiger partial charge in [-0.15, -0.1) is 0 Å². The van der Waals surface area contributed by atoms with Crippen molar-refractivity contribution in [2.75, 3.05) is 6.54 Å². The summed E-state index contributed by atoms with van der Waals surface area (Å²) in [6.45, 7) is 5.04. The third-order valence-electron chi connectivity index (χ3n) is 6.13. The fourth-order valence-corrected chi connectivity index (χ4v) is 5.44. The van der Waals surface area contributed by atoms with Gasteiger partial charge in [-0.1, -0.05) is 37.3 Å². The van der Waals surface area contributed by atoms with Gasteiger partial charge in [-0.2, -0.15) is 0 Å². The van der Waals surface area contributed by atoms with Gasteiger partial charge in [0.1, 0.15) is 16.8 Å². The first-order valence-electron chi connectivity index (χ1n) is 11.6. The van der Waals surface area contributed by atoms with Gasteiger partial charge in [-0.3, -0.25) is 14.4 Å². The molecule has 0 radical (unpaired) electrons. The Morgan fingerprint density at radius 2 is 1.74 bits per heavy atom. The van der Waals surface area contributed by atoms with Crippen LogP contribution in [0.15, 0.2) is 53.4 Å². The summed E-state index contributed by atoms with van der Waals surface area (Å²) in [5, 5.41) is 2.83. The highest BCUT2D eigenvalue weighted by Gasteiger charge is 2.40. The highest BCUT2D eigenvalue weighted by atomic mass is 32.2. The van der Waals surface area contributed by atoms with Crippen LogP contribution in [0.4, 0.5) is 4.39 Å². The van der Waals surface area contributed by atoms with Crippen LogP contribution in [0.2, 0.25) is 0 Å². The molecule has 1 aliphatic rings. The first-order chi connectivity index (χ1) is 16.6. The van der Waals surface area contributed by atoms with Crippen molar-refractivity contribution in [1.29, 1.82) is 0 Å². The Morgan fingerprint density at radius 1 is 1.09 bits per heavy atom. The van der Waals surface area contributed by atoms with E-state index >= 15 is 0 Å². The lowest BCUT2D eigenvalue weighted by atomic mass is 10.1. The number of hydrogen-bond acceptors (Lipinski definition) is 5. The molecule has 188 valence electrons. The van der Waals surface area contributed by atoms with Crippen LogP contribution in [0.25, 0.3) is 0 Å². The highest BCUT2D eigenvalue weighted by molar-refractivity contribution is 7.90. The van der Waals surface area contributed by atoms with E-state index in [1.807, 2.05) is 13.8 Å². The van der Waals surface area contributed by atoms with E-state index < -0.39 is 33.7 Å². The summed E-state index contributed by atoms with van der Waals surface area (Å²) in [5.41, 5.74) is 0.368. The van der Waals surface area contributed by atoms with E-state index in [1.165, 1.54) is 29.2 Å². The lowest BCUT2D eigenvalue weighted by molar-refractivity contribution is -0.141. The van der Waals surface area contributed by atoms with Gasteiger partial charge < -0.3 is 10.2 Å². The molecule has 1 aliphatic heterocycles. The van der Waals surface area contributed by atoms with Crippen molar-refractivity contribution >= 4 is 27.7 Å². The molecular weight excluding hydrogens is 473 g/mol. The Balaban J connectivity index is 1.72. The van der Waals surface area contributed by atoms with Gasteiger partial charge in [-0.25, -0.2) is 17.1 Å². The van der Waals surface area contributed by atoms with Crippen LogP contribution in [0.1, 0.15) is 56.0 Å². The molecule has 1 N–H and O–H groups in total. The van der Waals surface area contributed by atoms with E-state index in [0.29, 0.717) is 6.42 Å². The van der Waals surface area contributed by atoms with Crippen molar-refractivity contribution in [1.82, 2.24) is 14.5 Å². The molecule has 2 aromatic carbocycles. The van der Waals surface area contributed by atoms with Gasteiger partial charge in [0.2, 0.25) is 11.8 Å². The number of hydrogen-bond donors (Lipinski definition) is 1. The lowest BCUT2D eigenvalue weighted by Crippen LogP contribution is -2.49. The van der Waals surface area contributed by atoms with Gasteiger partial charge in [-0.05, 0) is 44.9 Å². The predicted molar refractivity (Wildman–Crippen MR) is 128 cm³/mol. The minimum Gasteiger partial charge on any atom is -0.352 e. The molecule has 35 heavy (non-hydrogen) atoms. The maximum absolute atomic E-state index is 14.3. The second kappa shape index (κ2) is 11.0. The molecule has 1 heterocycles. The topological polar surface area (TPSA) is 104 Å². The average molecular weight is 504 g/mol. The number of sulfonamides is 1. The minimum absolute atomic E-state index is 0.0483. The number of amides is 3. The largest absolute Gasteiger partial charge is 0.352 e. The van der Waals surface area contributed by atoms with Crippen LogP contribution in [0.5, 0.6) is 0 Å². The number of carbonyl (C=O) groups excluding carboxylic acids is 3. The van der Waals surface area contributed by atoms with Crippen LogP contribution in [-0.2, 0) is 26.2 Å². The zero-order chi connectivity index (χ0) is 25.8. The maximum Gasteiger partial charge on any atom is 0.269 e. The molecule has 2 aromatic rings. The van der Waals surface area contributed by atoms with Crippen molar-refractivity contribution in [3.8, 4) is 0 Å². The zero-order valence-electron chi connectivity index (χ0n) is 20.0. The van der Waals surface area contributed by atoms with Crippen molar-refractivity contribution in [2.24, 2.45) is 0 Å². The first kappa shape index (κ1) is 26.3. The van der Waals surface area contributed by atoms with E-state index in [4.69, 9.17) is 0 Å². The van der Waals surface area contributed by atoms with Gasteiger partial charge in [0.25, 0.3) is 15.9 Å². The smallest absolute Gasteiger partial charge is 0.269 e. The fraction of sp³-hybridized carbons (Fsp3) is 0.400. The first-order valence-corrected chi connectivity index (χ1v) is 13.0. The van der Waals surface area contributed by atoms with Crippen molar-refractivity contribution in [3.05, 3.63) is 65.5 Å². The van der Waals surface area contributed by atoms with Gasteiger partial charge >= 0.3 is 0 Å². The molecule has 2 atom stereocenters. The molecule has 0 unspecified atom stereocenters. The second-order valence-electron chi connectivity index (χ2n) is 8.59. The molecule has 8 nitrogen and oxygen atoms in total. The molecule has 3 rings (SSSR count). The predicted octanol–water partition coefficient (Wildman–Crippen LogP) is 3.08. The molecule has 0 bridgehead atoms. The molecule has 0 saturated heterocycles. The highest BCUT2D eigenvalue weighted by Crippen LogP contribution is 2.30. The third kappa shape index (κ3) is 5.70. The van der Waals surface area contributed by atoms with Crippen molar-refractivity contribution in [3.63, 3.8) is 0 Å². The van der Waals surface area contributed by atoms with Crippen molar-refractivity contribution < 1.29 is 27.2 Å². The van der Waals surface area contributed by atoms with E-state index in [9.17, 15) is 27.2 Å². The molecule has 3 amide bonds. The second-order valence-corrected chi connectivity index (χ2v) is 10.4. The fourth-order valence-electron chi connectivity index (χ4n) is 3.83. The van der Waals surface area contributed by atoms with Crippen molar-refractivity contribution in [2.45, 2.75) is 63.6 Å². The van der Waals surface area contributed by atoms with Crippen LogP contribution in [0.3, 0.4) is 0 Å². The third-order valence-corrected chi connectivity index (χ3v) is 7.97. The molecular formula is C25H30FN3O5S. The van der Waals surface area contributed by atoms with Crippen LogP contribution in [0, 0.1) is 5.82 Å². The molecule has 10 heteroatoms. The maximum atomic E-state index is 14.3. The molecule has 0 saturated carbocycles. The Hall–Kier alpha value is -3.27. The number of halogens is 1. The Kier molecular flexibility index (Phi) is 8.26. The standard InChI is InChI=1S/C25H30FN3O5S/c1-4-17(2)27-24(31)18(3)28(16-19-10-5-7-12-21(19)26)23(30)14-9-15-29-25(32)20-11-6-8-13-22(20)35(29,33)34/h5-8,10-13,17-18H,4,9,14-16H2,1-3H3,(H,27,31)/t17-,18+/m1/s1. The number of nitrogens with zero attached hydrogens (tertiary/aromatic N) is 2. The SMILES string of the molecule is CC[C@@H](C)NC(=O)[C@H](C)N(Cc1ccccc1F)C(=O)CCCN1C(=O)c2ccccc2S1(=O)=O. The van der Waals surface area contributed by atoms with Gasteiger partial charge in [0, 0.05) is 31.1 Å². The zero-order valence-corrected chi connectivity index (χ0v) is 20.8. The Labute approximate surface area is 205 Å². The quantitative estimate of drug-likeness (QED) is 0.537. The molecule has 0 fully saturated rings. The number of carbonyl (C=O) groups is 3. The summed E-state index contributed by atoms with van der Waals surface area (Å²) in [7, 11) is -3.97.